The Bertz CT molecular complexity index is 1190. The standard InChI is InChI=1S/C23H17N3S/c1-23(22-25-15-24-21(26-22)16-7-3-2-4-8-16)13-11-18-17-9-5-6-10-19(17)27-20(18)12-14-23/h2-15H,1H3. The predicted molar refractivity (Wildman–Crippen MR) is 113 cm³/mol. The highest BCUT2D eigenvalue weighted by atomic mass is 32.1. The van der Waals surface area contributed by atoms with Crippen molar-refractivity contribution in [1.82, 2.24) is 15.0 Å². The highest BCUT2D eigenvalue weighted by Crippen LogP contribution is 2.38. The summed E-state index contributed by atoms with van der Waals surface area (Å²) in [5.41, 5.74) is 1.89. The Labute approximate surface area is 161 Å². The molecular weight excluding hydrogens is 350 g/mol. The molecule has 4 aromatic rings. The van der Waals surface area contributed by atoms with E-state index in [2.05, 4.69) is 65.5 Å². The molecule has 0 saturated heterocycles. The van der Waals surface area contributed by atoms with Crippen LogP contribution in [0.5, 0.6) is 0 Å². The summed E-state index contributed by atoms with van der Waals surface area (Å²) in [6, 6.07) is 18.6. The van der Waals surface area contributed by atoms with Gasteiger partial charge in [0.1, 0.15) is 12.2 Å². The molecule has 0 N–H and O–H groups in total. The lowest BCUT2D eigenvalue weighted by Crippen LogP contribution is -2.20. The van der Waals surface area contributed by atoms with Crippen LogP contribution in [0.25, 0.3) is 33.6 Å². The highest BCUT2D eigenvalue weighted by Gasteiger charge is 2.27. The van der Waals surface area contributed by atoms with Gasteiger partial charge in [0.05, 0.1) is 5.41 Å². The SMILES string of the molecule is CC1(c2ncnc(-c3ccccc3)n2)C=Cc2sc3ccccc3c2C=C1. The number of rotatable bonds is 2. The molecule has 2 aromatic carbocycles. The molecule has 1 atom stereocenters. The minimum atomic E-state index is -0.383. The summed E-state index contributed by atoms with van der Waals surface area (Å²) in [6.45, 7) is 2.14. The first-order valence-corrected chi connectivity index (χ1v) is 9.69. The third-order valence-electron chi connectivity index (χ3n) is 4.93. The molecule has 0 spiro atoms. The molecule has 27 heavy (non-hydrogen) atoms. The fourth-order valence-electron chi connectivity index (χ4n) is 3.37. The number of fused-ring (bicyclic) bond motifs is 3. The zero-order valence-corrected chi connectivity index (χ0v) is 15.6. The molecule has 0 bridgehead atoms. The van der Waals surface area contributed by atoms with Gasteiger partial charge in [-0.25, -0.2) is 15.0 Å². The number of thiophene rings is 1. The third-order valence-corrected chi connectivity index (χ3v) is 6.08. The Kier molecular flexibility index (Phi) is 3.73. The van der Waals surface area contributed by atoms with Crippen molar-refractivity contribution in [2.75, 3.05) is 0 Å². The first kappa shape index (κ1) is 16.1. The molecule has 2 aromatic heterocycles. The van der Waals surface area contributed by atoms with Crippen LogP contribution in [-0.2, 0) is 5.41 Å². The van der Waals surface area contributed by atoms with E-state index in [0.29, 0.717) is 5.82 Å². The second kappa shape index (κ2) is 6.25. The van der Waals surface area contributed by atoms with Crippen LogP contribution in [0.3, 0.4) is 0 Å². The van der Waals surface area contributed by atoms with Crippen molar-refractivity contribution in [1.29, 1.82) is 0 Å². The van der Waals surface area contributed by atoms with Crippen molar-refractivity contribution in [2.45, 2.75) is 12.3 Å². The Morgan fingerprint density at radius 3 is 2.52 bits per heavy atom. The Morgan fingerprint density at radius 1 is 0.852 bits per heavy atom. The number of aromatic nitrogens is 3. The zero-order valence-electron chi connectivity index (χ0n) is 14.8. The number of nitrogens with zero attached hydrogens (tertiary/aromatic N) is 3. The highest BCUT2D eigenvalue weighted by molar-refractivity contribution is 7.20. The van der Waals surface area contributed by atoms with Crippen LogP contribution in [-0.4, -0.2) is 15.0 Å². The molecule has 5 rings (SSSR count). The normalized spacial score (nSPS) is 18.4. The average Bonchev–Trinajstić information content (AvgIpc) is 3.00. The van der Waals surface area contributed by atoms with E-state index >= 15 is 0 Å². The van der Waals surface area contributed by atoms with Gasteiger partial charge in [-0.2, -0.15) is 0 Å². The quantitative estimate of drug-likeness (QED) is 0.453. The smallest absolute Gasteiger partial charge is 0.163 e. The molecule has 1 aliphatic rings. The molecule has 0 fully saturated rings. The Balaban J connectivity index is 1.59. The zero-order chi connectivity index (χ0) is 18.3. The molecule has 1 aliphatic carbocycles. The molecule has 0 aliphatic heterocycles. The minimum absolute atomic E-state index is 0.383. The molecule has 0 saturated carbocycles. The monoisotopic (exact) mass is 367 g/mol. The van der Waals surface area contributed by atoms with Gasteiger partial charge in [0.15, 0.2) is 5.82 Å². The number of hydrogen-bond acceptors (Lipinski definition) is 4. The lowest BCUT2D eigenvalue weighted by Gasteiger charge is -2.19. The van der Waals surface area contributed by atoms with Crippen LogP contribution in [0.1, 0.15) is 23.2 Å². The van der Waals surface area contributed by atoms with Gasteiger partial charge in [0.25, 0.3) is 0 Å². The summed E-state index contributed by atoms with van der Waals surface area (Å²) in [5, 5.41) is 1.29. The second-order valence-corrected chi connectivity index (χ2v) is 7.91. The maximum atomic E-state index is 4.77. The third kappa shape index (κ3) is 2.78. The maximum absolute atomic E-state index is 4.77. The van der Waals surface area contributed by atoms with Crippen molar-refractivity contribution < 1.29 is 0 Å². The summed E-state index contributed by atoms with van der Waals surface area (Å²) in [4.78, 5) is 14.9. The number of allylic oxidation sites excluding steroid dienone is 2. The first-order chi connectivity index (χ1) is 13.2. The van der Waals surface area contributed by atoms with Gasteiger partial charge < -0.3 is 0 Å². The average molecular weight is 367 g/mol. The summed E-state index contributed by atoms with van der Waals surface area (Å²) in [7, 11) is 0. The van der Waals surface area contributed by atoms with Crippen LogP contribution < -0.4 is 0 Å². The van der Waals surface area contributed by atoms with E-state index < -0.39 is 0 Å². The molecule has 1 unspecified atom stereocenters. The van der Waals surface area contributed by atoms with Gasteiger partial charge in [-0.1, -0.05) is 66.8 Å². The van der Waals surface area contributed by atoms with Crippen LogP contribution >= 0.6 is 11.3 Å². The van der Waals surface area contributed by atoms with E-state index in [1.54, 1.807) is 6.33 Å². The van der Waals surface area contributed by atoms with Crippen molar-refractivity contribution in [3.63, 3.8) is 0 Å². The molecule has 0 radical (unpaired) electrons. The fraction of sp³-hybridized carbons (Fsp3) is 0.0870. The number of benzene rings is 2. The Hall–Kier alpha value is -3.11. The predicted octanol–water partition coefficient (Wildman–Crippen LogP) is 5.75. The molecule has 130 valence electrons. The molecular formula is C23H17N3S. The van der Waals surface area contributed by atoms with E-state index in [1.807, 2.05) is 41.7 Å². The molecule has 4 heteroatoms. The summed E-state index contributed by atoms with van der Waals surface area (Å²) < 4.78 is 1.31. The van der Waals surface area contributed by atoms with Crippen molar-refractivity contribution in [3.05, 3.63) is 89.3 Å². The van der Waals surface area contributed by atoms with E-state index in [9.17, 15) is 0 Å². The molecule has 2 heterocycles. The van der Waals surface area contributed by atoms with Crippen LogP contribution in [0.15, 0.2) is 73.1 Å². The van der Waals surface area contributed by atoms with E-state index in [-0.39, 0.29) is 5.41 Å². The lowest BCUT2D eigenvalue weighted by molar-refractivity contribution is 0.685. The number of hydrogen-bond donors (Lipinski definition) is 0. The van der Waals surface area contributed by atoms with E-state index in [1.165, 1.54) is 20.5 Å². The lowest BCUT2D eigenvalue weighted by atomic mass is 9.89. The summed E-state index contributed by atoms with van der Waals surface area (Å²) in [6.07, 6.45) is 10.4. The van der Waals surface area contributed by atoms with Gasteiger partial charge in [-0.3, -0.25) is 0 Å². The van der Waals surface area contributed by atoms with Gasteiger partial charge in [-0.15, -0.1) is 11.3 Å². The largest absolute Gasteiger partial charge is 0.220 e. The maximum Gasteiger partial charge on any atom is 0.163 e. The van der Waals surface area contributed by atoms with Gasteiger partial charge in [-0.05, 0) is 19.1 Å². The molecule has 0 amide bonds. The molecule has 3 nitrogen and oxygen atoms in total. The van der Waals surface area contributed by atoms with Crippen LogP contribution in [0.2, 0.25) is 0 Å². The van der Waals surface area contributed by atoms with Gasteiger partial charge in [0, 0.05) is 26.1 Å². The first-order valence-electron chi connectivity index (χ1n) is 8.88. The van der Waals surface area contributed by atoms with Crippen LogP contribution in [0.4, 0.5) is 0 Å². The van der Waals surface area contributed by atoms with Crippen molar-refractivity contribution >= 4 is 33.6 Å². The van der Waals surface area contributed by atoms with E-state index in [0.717, 1.165) is 11.4 Å². The minimum Gasteiger partial charge on any atom is -0.220 e. The van der Waals surface area contributed by atoms with Gasteiger partial charge >= 0.3 is 0 Å². The Morgan fingerprint density at radius 2 is 1.63 bits per heavy atom. The van der Waals surface area contributed by atoms with Crippen LogP contribution in [0, 0.1) is 0 Å². The summed E-state index contributed by atoms with van der Waals surface area (Å²) >= 11 is 1.82. The van der Waals surface area contributed by atoms with E-state index in [4.69, 9.17) is 4.98 Å². The van der Waals surface area contributed by atoms with Crippen molar-refractivity contribution in [2.24, 2.45) is 0 Å². The second-order valence-electron chi connectivity index (χ2n) is 6.82. The van der Waals surface area contributed by atoms with Crippen molar-refractivity contribution in [3.8, 4) is 11.4 Å². The summed E-state index contributed by atoms with van der Waals surface area (Å²) in [5.74, 6) is 1.46. The fourth-order valence-corrected chi connectivity index (χ4v) is 4.47. The topological polar surface area (TPSA) is 38.7 Å². The van der Waals surface area contributed by atoms with Gasteiger partial charge in [0.2, 0.25) is 0 Å².